The molecule has 0 bridgehead atoms. The number of aromatic nitrogens is 2. The number of rotatable bonds is 12. The number of aliphatic hydroxyl groups excluding tert-OH is 1. The van der Waals surface area contributed by atoms with Crippen molar-refractivity contribution < 1.29 is 30.0 Å². The Morgan fingerprint density at radius 2 is 1.61 bits per heavy atom. The minimum atomic E-state index is -0.337. The molecule has 51 heavy (non-hydrogen) atoms. The van der Waals surface area contributed by atoms with Gasteiger partial charge in [0.1, 0.15) is 12.1 Å². The van der Waals surface area contributed by atoms with Crippen LogP contribution < -0.4 is 0 Å². The molecular formula is C43H55IrN2O2S3-. The molecule has 0 saturated heterocycles. The molecule has 8 heteroatoms. The molecule has 277 valence electrons. The first-order valence-corrected chi connectivity index (χ1v) is 20.5. The van der Waals surface area contributed by atoms with Gasteiger partial charge in [0.15, 0.2) is 5.78 Å². The molecule has 5 aromatic rings. The minimum Gasteiger partial charge on any atom is -0.512 e. The standard InChI is InChI=1S/C28H27N2S3.C15H28O2.Ir/c1-7-31-22-9-8-17(11-21(22)28(4,5)6)25-27-26(30-15-29-25)20-12-19-18(10-16(2)3)14-32-23(19)13-24(20)33-27;1-7-14(5,8-2)12(16)11-13(17)15(6,9-3)10-4;/h7,9,11-16H,1,10H2,2-6H3;11,16H,7-10H2,1-6H3;/q-1;;/b;12-11-;. The van der Waals surface area contributed by atoms with Crippen molar-refractivity contribution in [1.82, 2.24) is 9.97 Å². The molecule has 0 aliphatic heterocycles. The number of allylic oxidation sites excluding steroid dienone is 2. The second kappa shape index (κ2) is 17.6. The number of carbonyl (C=O) groups is 1. The molecule has 2 aromatic carbocycles. The van der Waals surface area contributed by atoms with Crippen molar-refractivity contribution in [2.75, 3.05) is 0 Å². The predicted octanol–water partition coefficient (Wildman–Crippen LogP) is 13.9. The molecule has 1 N–H and O–H groups in total. The van der Waals surface area contributed by atoms with Crippen molar-refractivity contribution in [3.63, 3.8) is 0 Å². The van der Waals surface area contributed by atoms with Gasteiger partial charge in [0.05, 0.1) is 5.52 Å². The number of carbonyl (C=O) groups excluding carboxylic acids is 1. The second-order valence-corrected chi connectivity index (χ2v) is 18.3. The van der Waals surface area contributed by atoms with Crippen LogP contribution in [0.3, 0.4) is 0 Å². The van der Waals surface area contributed by atoms with Crippen molar-refractivity contribution in [3.8, 4) is 11.3 Å². The molecule has 0 spiro atoms. The number of nitrogens with zero attached hydrogens (tertiary/aromatic N) is 2. The molecule has 1 radical (unpaired) electrons. The first kappa shape index (κ1) is 43.1. The van der Waals surface area contributed by atoms with Gasteiger partial charge in [-0.25, -0.2) is 4.98 Å². The Labute approximate surface area is 332 Å². The maximum atomic E-state index is 12.2. The van der Waals surface area contributed by atoms with Crippen molar-refractivity contribution >= 4 is 70.6 Å². The van der Waals surface area contributed by atoms with Crippen molar-refractivity contribution in [1.29, 1.82) is 0 Å². The molecule has 0 saturated carbocycles. The fourth-order valence-corrected chi connectivity index (χ4v) is 9.06. The van der Waals surface area contributed by atoms with E-state index >= 15 is 0 Å². The van der Waals surface area contributed by atoms with Gasteiger partial charge in [-0.2, -0.15) is 11.8 Å². The first-order chi connectivity index (χ1) is 23.5. The summed E-state index contributed by atoms with van der Waals surface area (Å²) in [6, 6.07) is 12.5. The first-order valence-electron chi connectivity index (χ1n) is 17.9. The van der Waals surface area contributed by atoms with Crippen LogP contribution in [0.15, 0.2) is 64.7 Å². The molecular weight excluding hydrogens is 865 g/mol. The van der Waals surface area contributed by atoms with Gasteiger partial charge < -0.3 is 5.11 Å². The van der Waals surface area contributed by atoms with Gasteiger partial charge in [0.25, 0.3) is 0 Å². The Kier molecular flexibility index (Phi) is 14.9. The predicted molar refractivity (Wildman–Crippen MR) is 221 cm³/mol. The number of benzene rings is 2. The molecule has 0 amide bonds. The fraction of sp³-hybridized carbons (Fsp3) is 0.465. The van der Waals surface area contributed by atoms with Gasteiger partial charge in [-0.1, -0.05) is 87.6 Å². The summed E-state index contributed by atoms with van der Waals surface area (Å²) >= 11 is 5.29. The summed E-state index contributed by atoms with van der Waals surface area (Å²) in [6.07, 6.45) is 7.56. The van der Waals surface area contributed by atoms with E-state index in [9.17, 15) is 9.90 Å². The number of aliphatic hydroxyl groups is 1. The van der Waals surface area contributed by atoms with Crippen molar-refractivity contribution in [3.05, 3.63) is 77.0 Å². The van der Waals surface area contributed by atoms with E-state index in [1.165, 1.54) is 42.3 Å². The maximum absolute atomic E-state index is 12.2. The Morgan fingerprint density at radius 3 is 2.18 bits per heavy atom. The summed E-state index contributed by atoms with van der Waals surface area (Å²) in [5.41, 5.74) is 5.17. The van der Waals surface area contributed by atoms with Crippen LogP contribution in [-0.2, 0) is 36.7 Å². The monoisotopic (exact) mass is 920 g/mol. The molecule has 0 atom stereocenters. The quantitative estimate of drug-likeness (QED) is 0.0585. The van der Waals surface area contributed by atoms with Crippen LogP contribution >= 0.6 is 34.4 Å². The van der Waals surface area contributed by atoms with Crippen LogP contribution in [0.2, 0.25) is 0 Å². The zero-order valence-electron chi connectivity index (χ0n) is 32.2. The molecule has 0 fully saturated rings. The normalized spacial score (nSPS) is 12.7. The van der Waals surface area contributed by atoms with E-state index in [2.05, 4.69) is 76.9 Å². The van der Waals surface area contributed by atoms with Gasteiger partial charge in [-0.15, -0.1) is 52.0 Å². The van der Waals surface area contributed by atoms with Gasteiger partial charge >= 0.3 is 0 Å². The molecule has 0 aliphatic carbocycles. The van der Waals surface area contributed by atoms with E-state index in [0.717, 1.165) is 53.6 Å². The second-order valence-electron chi connectivity index (χ2n) is 15.3. The van der Waals surface area contributed by atoms with Gasteiger partial charge in [-0.3, -0.25) is 9.78 Å². The number of fused-ring (bicyclic) bond motifs is 4. The van der Waals surface area contributed by atoms with Crippen LogP contribution in [0.5, 0.6) is 0 Å². The third kappa shape index (κ3) is 9.42. The minimum absolute atomic E-state index is 0. The number of hydrogen-bond donors (Lipinski definition) is 1. The molecule has 0 unspecified atom stereocenters. The average Bonchev–Trinajstić information content (AvgIpc) is 3.66. The third-order valence-electron chi connectivity index (χ3n) is 10.4. The summed E-state index contributed by atoms with van der Waals surface area (Å²) < 4.78 is 3.76. The molecule has 3 heterocycles. The molecule has 0 aliphatic rings. The van der Waals surface area contributed by atoms with Crippen molar-refractivity contribution in [2.45, 2.75) is 119 Å². The van der Waals surface area contributed by atoms with Gasteiger partial charge in [0, 0.05) is 62.2 Å². The van der Waals surface area contributed by atoms with E-state index in [0.29, 0.717) is 5.92 Å². The number of thiophene rings is 2. The number of ketones is 1. The Morgan fingerprint density at radius 1 is 0.961 bits per heavy atom. The van der Waals surface area contributed by atoms with Gasteiger partial charge in [-0.05, 0) is 77.3 Å². The number of hydrogen-bond acceptors (Lipinski definition) is 7. The summed E-state index contributed by atoms with van der Waals surface area (Å²) in [5.74, 6) is 0.926. The summed E-state index contributed by atoms with van der Waals surface area (Å²) in [5, 5.41) is 16.9. The average molecular weight is 920 g/mol. The van der Waals surface area contributed by atoms with Crippen LogP contribution in [0.1, 0.15) is 113 Å². The van der Waals surface area contributed by atoms with Crippen LogP contribution in [0.4, 0.5) is 0 Å². The van der Waals surface area contributed by atoms with E-state index in [-0.39, 0.29) is 47.9 Å². The van der Waals surface area contributed by atoms with E-state index in [1.54, 1.807) is 29.4 Å². The Balaban J connectivity index is 0.000000335. The molecule has 3 aromatic heterocycles. The summed E-state index contributed by atoms with van der Waals surface area (Å²) in [7, 11) is 0. The molecule has 5 rings (SSSR count). The largest absolute Gasteiger partial charge is 0.512 e. The summed E-state index contributed by atoms with van der Waals surface area (Å²) in [4.78, 5) is 22.8. The van der Waals surface area contributed by atoms with Crippen LogP contribution in [0.25, 0.3) is 41.6 Å². The van der Waals surface area contributed by atoms with E-state index < -0.39 is 0 Å². The zero-order chi connectivity index (χ0) is 37.0. The Bertz CT molecular complexity index is 2010. The fourth-order valence-electron chi connectivity index (χ4n) is 6.01. The molecule has 4 nitrogen and oxygen atoms in total. The number of thioether (sulfide) groups is 1. The van der Waals surface area contributed by atoms with E-state index in [1.807, 2.05) is 58.3 Å². The Hall–Kier alpha value is -2.35. The SMILES string of the molecule is C=CSc1c[c-]c(-c2ncnc3c2sc2cc4scc(CC(C)C)c4cc23)cc1C(C)(C)C.CCC(C)(CC)C(=O)/C=C(\O)C(C)(CC)CC.[Ir]. The van der Waals surface area contributed by atoms with Crippen LogP contribution in [0, 0.1) is 22.8 Å². The van der Waals surface area contributed by atoms with Crippen LogP contribution in [-0.4, -0.2) is 20.9 Å². The summed E-state index contributed by atoms with van der Waals surface area (Å²) in [6.45, 7) is 27.3. The maximum Gasteiger partial charge on any atom is 0.164 e. The topological polar surface area (TPSA) is 63.1 Å². The zero-order valence-corrected chi connectivity index (χ0v) is 37.1. The van der Waals surface area contributed by atoms with Gasteiger partial charge in [0.2, 0.25) is 0 Å². The third-order valence-corrected chi connectivity index (χ3v) is 13.3. The van der Waals surface area contributed by atoms with E-state index in [4.69, 9.17) is 9.97 Å². The van der Waals surface area contributed by atoms with Crippen molar-refractivity contribution in [2.24, 2.45) is 16.7 Å². The smallest absolute Gasteiger partial charge is 0.164 e.